The quantitative estimate of drug-likeness (QED) is 0.809. The third-order valence-corrected chi connectivity index (χ3v) is 3.01. The summed E-state index contributed by atoms with van der Waals surface area (Å²) in [7, 11) is 0.381. The summed E-state index contributed by atoms with van der Waals surface area (Å²) >= 11 is 0. The van der Waals surface area contributed by atoms with Crippen LogP contribution in [0.1, 0.15) is 5.56 Å². The van der Waals surface area contributed by atoms with Gasteiger partial charge < -0.3 is 14.9 Å². The Hall–Kier alpha value is -1.85. The summed E-state index contributed by atoms with van der Waals surface area (Å²) in [6.45, 7) is 0.513. The number of anilines is 1. The molecule has 0 aromatic heterocycles. The lowest BCUT2D eigenvalue weighted by Crippen LogP contribution is -2.35. The van der Waals surface area contributed by atoms with Crippen LogP contribution in [0.4, 0.5) is 10.1 Å². The lowest BCUT2D eigenvalue weighted by molar-refractivity contribution is 0.425. The molecule has 0 spiro atoms. The second kappa shape index (κ2) is 5.86. The fourth-order valence-electron chi connectivity index (χ4n) is 1.97. The smallest absolute Gasteiger partial charge is 0.423 e. The maximum absolute atomic E-state index is 12.9. The molecule has 0 atom stereocenters. The third-order valence-electron chi connectivity index (χ3n) is 3.01. The first-order valence-corrected chi connectivity index (χ1v) is 5.98. The molecule has 0 saturated heterocycles. The van der Waals surface area contributed by atoms with Gasteiger partial charge in [-0.1, -0.05) is 24.3 Å². The average Bonchev–Trinajstić information content (AvgIpc) is 2.39. The van der Waals surface area contributed by atoms with Crippen molar-refractivity contribution in [3.05, 3.63) is 59.9 Å². The van der Waals surface area contributed by atoms with Crippen molar-refractivity contribution in [3.8, 4) is 0 Å². The van der Waals surface area contributed by atoms with Gasteiger partial charge in [-0.2, -0.15) is 0 Å². The summed E-state index contributed by atoms with van der Waals surface area (Å²) in [5.41, 5.74) is 2.17. The molecule has 2 N–H and O–H groups in total. The molecule has 0 saturated carbocycles. The maximum Gasteiger partial charge on any atom is 0.488 e. The van der Waals surface area contributed by atoms with Crippen molar-refractivity contribution in [2.24, 2.45) is 0 Å². The molecule has 0 amide bonds. The highest BCUT2D eigenvalue weighted by Gasteiger charge is 2.16. The topological polar surface area (TPSA) is 43.7 Å². The van der Waals surface area contributed by atoms with E-state index in [1.54, 1.807) is 24.3 Å². The van der Waals surface area contributed by atoms with Gasteiger partial charge in [-0.15, -0.1) is 0 Å². The lowest BCUT2D eigenvalue weighted by Gasteiger charge is -2.21. The molecule has 2 aromatic carbocycles. The molecule has 0 bridgehead atoms. The van der Waals surface area contributed by atoms with Crippen LogP contribution < -0.4 is 10.4 Å². The Balaban J connectivity index is 2.19. The molecule has 0 heterocycles. The highest BCUT2D eigenvalue weighted by molar-refractivity contribution is 6.59. The zero-order valence-corrected chi connectivity index (χ0v) is 10.6. The van der Waals surface area contributed by atoms with Crippen molar-refractivity contribution >= 4 is 18.3 Å². The molecule has 2 aromatic rings. The van der Waals surface area contributed by atoms with E-state index in [4.69, 9.17) is 0 Å². The van der Waals surface area contributed by atoms with E-state index >= 15 is 0 Å². The Morgan fingerprint density at radius 3 is 2.32 bits per heavy atom. The molecular formula is C14H15BFNO2. The number of rotatable bonds is 4. The molecule has 5 heteroatoms. The molecule has 98 valence electrons. The van der Waals surface area contributed by atoms with Gasteiger partial charge in [-0.25, -0.2) is 4.39 Å². The van der Waals surface area contributed by atoms with Gasteiger partial charge >= 0.3 is 7.12 Å². The van der Waals surface area contributed by atoms with E-state index in [1.165, 1.54) is 12.1 Å². The van der Waals surface area contributed by atoms with Crippen LogP contribution in [-0.4, -0.2) is 24.2 Å². The number of benzene rings is 2. The van der Waals surface area contributed by atoms with Crippen LogP contribution in [0.3, 0.4) is 0 Å². The predicted octanol–water partition coefficient (Wildman–Crippen LogP) is 1.14. The van der Waals surface area contributed by atoms with Gasteiger partial charge in [-0.3, -0.25) is 0 Å². The van der Waals surface area contributed by atoms with Crippen LogP contribution in [0.2, 0.25) is 0 Å². The largest absolute Gasteiger partial charge is 0.488 e. The molecule has 2 rings (SSSR count). The maximum atomic E-state index is 12.9. The number of halogens is 1. The van der Waals surface area contributed by atoms with Gasteiger partial charge in [0.05, 0.1) is 0 Å². The molecule has 0 unspecified atom stereocenters. The first kappa shape index (κ1) is 13.6. The van der Waals surface area contributed by atoms with Gasteiger partial charge in [-0.05, 0) is 35.3 Å². The van der Waals surface area contributed by atoms with E-state index < -0.39 is 7.12 Å². The Morgan fingerprint density at radius 2 is 1.68 bits per heavy atom. The standard InChI is InChI=1S/C14H15BFNO2/c1-17(13-8-6-12(16)7-9-13)10-11-4-2-3-5-14(11)15(18)19/h2-9,18-19H,10H2,1H3. The normalized spacial score (nSPS) is 10.3. The molecule has 0 radical (unpaired) electrons. The Labute approximate surface area is 112 Å². The average molecular weight is 259 g/mol. The Bertz CT molecular complexity index is 545. The summed E-state index contributed by atoms with van der Waals surface area (Å²) < 4.78 is 12.9. The lowest BCUT2D eigenvalue weighted by atomic mass is 9.77. The van der Waals surface area contributed by atoms with Crippen molar-refractivity contribution < 1.29 is 14.4 Å². The minimum absolute atomic E-state index is 0.275. The van der Waals surface area contributed by atoms with Crippen molar-refractivity contribution in [2.45, 2.75) is 6.54 Å². The van der Waals surface area contributed by atoms with E-state index in [1.807, 2.05) is 24.1 Å². The second-order valence-electron chi connectivity index (χ2n) is 4.40. The van der Waals surface area contributed by atoms with Crippen LogP contribution in [0.15, 0.2) is 48.5 Å². The fourth-order valence-corrected chi connectivity index (χ4v) is 1.97. The number of hydrogen-bond acceptors (Lipinski definition) is 3. The van der Waals surface area contributed by atoms with Crippen molar-refractivity contribution in [3.63, 3.8) is 0 Å². The molecule has 0 fully saturated rings. The zero-order valence-electron chi connectivity index (χ0n) is 10.6. The van der Waals surface area contributed by atoms with Crippen molar-refractivity contribution in [2.75, 3.05) is 11.9 Å². The first-order valence-electron chi connectivity index (χ1n) is 5.98. The van der Waals surface area contributed by atoms with Crippen LogP contribution in [0.25, 0.3) is 0 Å². The predicted molar refractivity (Wildman–Crippen MR) is 74.8 cm³/mol. The van der Waals surface area contributed by atoms with Crippen LogP contribution >= 0.6 is 0 Å². The highest BCUT2D eigenvalue weighted by atomic mass is 19.1. The number of hydrogen-bond donors (Lipinski definition) is 2. The van der Waals surface area contributed by atoms with Crippen molar-refractivity contribution in [1.29, 1.82) is 0 Å². The van der Waals surface area contributed by atoms with Gasteiger partial charge in [0.25, 0.3) is 0 Å². The van der Waals surface area contributed by atoms with Gasteiger partial charge in [0.1, 0.15) is 5.82 Å². The highest BCUT2D eigenvalue weighted by Crippen LogP contribution is 2.15. The van der Waals surface area contributed by atoms with Gasteiger partial charge in [0.15, 0.2) is 0 Å². The number of nitrogens with zero attached hydrogens (tertiary/aromatic N) is 1. The van der Waals surface area contributed by atoms with E-state index in [2.05, 4.69) is 0 Å². The van der Waals surface area contributed by atoms with Crippen LogP contribution in [0.5, 0.6) is 0 Å². The second-order valence-corrected chi connectivity index (χ2v) is 4.40. The first-order chi connectivity index (χ1) is 9.08. The summed E-state index contributed by atoms with van der Waals surface area (Å²) in [6.07, 6.45) is 0. The van der Waals surface area contributed by atoms with Gasteiger partial charge in [0.2, 0.25) is 0 Å². The van der Waals surface area contributed by atoms with E-state index in [0.29, 0.717) is 12.0 Å². The van der Waals surface area contributed by atoms with E-state index in [-0.39, 0.29) is 5.82 Å². The van der Waals surface area contributed by atoms with Crippen molar-refractivity contribution in [1.82, 2.24) is 0 Å². The third kappa shape index (κ3) is 3.33. The summed E-state index contributed by atoms with van der Waals surface area (Å²) in [6, 6.07) is 13.3. The SMILES string of the molecule is CN(Cc1ccccc1B(O)O)c1ccc(F)cc1. The van der Waals surface area contributed by atoms with Crippen LogP contribution in [-0.2, 0) is 6.54 Å². The molecule has 0 aliphatic carbocycles. The van der Waals surface area contributed by atoms with E-state index in [0.717, 1.165) is 11.3 Å². The molecule has 0 aliphatic rings. The van der Waals surface area contributed by atoms with Gasteiger partial charge in [0, 0.05) is 19.3 Å². The zero-order chi connectivity index (χ0) is 13.8. The molecule has 0 aliphatic heterocycles. The molecular weight excluding hydrogens is 244 g/mol. The summed E-state index contributed by atoms with van der Waals surface area (Å²) in [5.74, 6) is -0.275. The molecule has 19 heavy (non-hydrogen) atoms. The molecule has 3 nitrogen and oxygen atoms in total. The Morgan fingerprint density at radius 1 is 1.05 bits per heavy atom. The fraction of sp³-hybridized carbons (Fsp3) is 0.143. The minimum atomic E-state index is -1.49. The Kier molecular flexibility index (Phi) is 4.19. The van der Waals surface area contributed by atoms with Crippen LogP contribution in [0, 0.1) is 5.82 Å². The van der Waals surface area contributed by atoms with E-state index in [9.17, 15) is 14.4 Å². The summed E-state index contributed by atoms with van der Waals surface area (Å²) in [5, 5.41) is 18.6. The summed E-state index contributed by atoms with van der Waals surface area (Å²) in [4.78, 5) is 1.92. The monoisotopic (exact) mass is 259 g/mol. The minimum Gasteiger partial charge on any atom is -0.423 e.